The number of benzene rings is 1. The van der Waals surface area contributed by atoms with Crippen LogP contribution in [0.25, 0.3) is 0 Å². The summed E-state index contributed by atoms with van der Waals surface area (Å²) >= 11 is 0. The standard InChI is InChI=1S/C16H22N2O4/c1-12-4-5-13(9-14(12)18(19)20)10-17-6-8-22-16(11-17)15-3-2-7-21-15/h4-5,9,15-16H,2-3,6-8,10-11H2,1H3. The van der Waals surface area contributed by atoms with Gasteiger partial charge in [0.1, 0.15) is 0 Å². The Morgan fingerprint density at radius 1 is 1.32 bits per heavy atom. The Bertz CT molecular complexity index is 543. The molecular weight excluding hydrogens is 284 g/mol. The van der Waals surface area contributed by atoms with E-state index in [0.717, 1.165) is 38.1 Å². The summed E-state index contributed by atoms with van der Waals surface area (Å²) in [6.07, 6.45) is 2.50. The van der Waals surface area contributed by atoms with Gasteiger partial charge in [0.15, 0.2) is 0 Å². The maximum Gasteiger partial charge on any atom is 0.272 e. The molecule has 3 rings (SSSR count). The normalized spacial score (nSPS) is 26.2. The molecule has 0 aliphatic carbocycles. The number of ether oxygens (including phenoxy) is 2. The van der Waals surface area contributed by atoms with Gasteiger partial charge in [-0.2, -0.15) is 0 Å². The van der Waals surface area contributed by atoms with Crippen LogP contribution in [0.2, 0.25) is 0 Å². The molecule has 2 heterocycles. The van der Waals surface area contributed by atoms with E-state index in [1.165, 1.54) is 0 Å². The minimum absolute atomic E-state index is 0.122. The molecule has 0 radical (unpaired) electrons. The Morgan fingerprint density at radius 2 is 2.14 bits per heavy atom. The van der Waals surface area contributed by atoms with Crippen molar-refractivity contribution in [3.63, 3.8) is 0 Å². The Balaban J connectivity index is 1.65. The summed E-state index contributed by atoms with van der Waals surface area (Å²) in [7, 11) is 0. The van der Waals surface area contributed by atoms with Crippen LogP contribution in [0.3, 0.4) is 0 Å². The fraction of sp³-hybridized carbons (Fsp3) is 0.625. The van der Waals surface area contributed by atoms with Crippen molar-refractivity contribution in [3.8, 4) is 0 Å². The van der Waals surface area contributed by atoms with Crippen LogP contribution in [-0.2, 0) is 16.0 Å². The van der Waals surface area contributed by atoms with E-state index in [1.54, 1.807) is 13.0 Å². The highest BCUT2D eigenvalue weighted by atomic mass is 16.6. The summed E-state index contributed by atoms with van der Waals surface area (Å²) in [6, 6.07) is 5.48. The number of nitro groups is 1. The molecule has 2 unspecified atom stereocenters. The molecule has 1 aromatic rings. The first-order chi connectivity index (χ1) is 10.6. The van der Waals surface area contributed by atoms with Gasteiger partial charge < -0.3 is 9.47 Å². The summed E-state index contributed by atoms with van der Waals surface area (Å²) in [5.74, 6) is 0. The van der Waals surface area contributed by atoms with Crippen LogP contribution in [0.15, 0.2) is 18.2 Å². The van der Waals surface area contributed by atoms with Crippen molar-refractivity contribution >= 4 is 5.69 Å². The summed E-state index contributed by atoms with van der Waals surface area (Å²) in [6.45, 7) is 5.68. The van der Waals surface area contributed by atoms with Crippen molar-refractivity contribution in [3.05, 3.63) is 39.4 Å². The number of aryl methyl sites for hydroxylation is 1. The third kappa shape index (κ3) is 3.45. The first-order valence-electron chi connectivity index (χ1n) is 7.83. The number of nitro benzene ring substituents is 1. The summed E-state index contributed by atoms with van der Waals surface area (Å²) in [5, 5.41) is 11.0. The van der Waals surface area contributed by atoms with Gasteiger partial charge in [0.25, 0.3) is 5.69 Å². The monoisotopic (exact) mass is 306 g/mol. The highest BCUT2D eigenvalue weighted by Crippen LogP contribution is 2.23. The topological polar surface area (TPSA) is 64.8 Å². The third-order valence-corrected chi connectivity index (χ3v) is 4.43. The zero-order valence-corrected chi connectivity index (χ0v) is 12.9. The SMILES string of the molecule is Cc1ccc(CN2CCOC(C3CCCO3)C2)cc1[N+](=O)[O-]. The van der Waals surface area contributed by atoms with Gasteiger partial charge in [-0.25, -0.2) is 0 Å². The van der Waals surface area contributed by atoms with Gasteiger partial charge in [-0.15, -0.1) is 0 Å². The molecule has 0 aromatic heterocycles. The van der Waals surface area contributed by atoms with E-state index in [0.29, 0.717) is 18.7 Å². The van der Waals surface area contributed by atoms with Crippen molar-refractivity contribution in [2.75, 3.05) is 26.3 Å². The lowest BCUT2D eigenvalue weighted by molar-refractivity contribution is -0.385. The number of morpholine rings is 1. The predicted molar refractivity (Wildman–Crippen MR) is 81.8 cm³/mol. The highest BCUT2D eigenvalue weighted by Gasteiger charge is 2.31. The van der Waals surface area contributed by atoms with Crippen LogP contribution in [0.4, 0.5) is 5.69 Å². The van der Waals surface area contributed by atoms with E-state index in [4.69, 9.17) is 9.47 Å². The van der Waals surface area contributed by atoms with Crippen LogP contribution in [-0.4, -0.2) is 48.3 Å². The molecule has 2 aliphatic heterocycles. The summed E-state index contributed by atoms with van der Waals surface area (Å²) < 4.78 is 11.6. The Labute approximate surface area is 130 Å². The molecule has 0 amide bonds. The number of nitrogens with zero attached hydrogens (tertiary/aromatic N) is 2. The second-order valence-electron chi connectivity index (χ2n) is 6.07. The molecule has 6 nitrogen and oxygen atoms in total. The number of hydrogen-bond donors (Lipinski definition) is 0. The highest BCUT2D eigenvalue weighted by molar-refractivity contribution is 5.42. The fourth-order valence-electron chi connectivity index (χ4n) is 3.20. The lowest BCUT2D eigenvalue weighted by atomic mass is 10.1. The quantitative estimate of drug-likeness (QED) is 0.631. The van der Waals surface area contributed by atoms with Crippen molar-refractivity contribution < 1.29 is 14.4 Å². The summed E-state index contributed by atoms with van der Waals surface area (Å²) in [5.41, 5.74) is 1.87. The van der Waals surface area contributed by atoms with Crippen LogP contribution in [0, 0.1) is 17.0 Å². The van der Waals surface area contributed by atoms with Gasteiger partial charge in [-0.1, -0.05) is 12.1 Å². The van der Waals surface area contributed by atoms with E-state index in [2.05, 4.69) is 4.90 Å². The summed E-state index contributed by atoms with van der Waals surface area (Å²) in [4.78, 5) is 13.0. The number of hydrogen-bond acceptors (Lipinski definition) is 5. The van der Waals surface area contributed by atoms with E-state index < -0.39 is 0 Å². The largest absolute Gasteiger partial charge is 0.375 e. The molecule has 1 aromatic carbocycles. The maximum absolute atomic E-state index is 11.0. The van der Waals surface area contributed by atoms with Gasteiger partial charge >= 0.3 is 0 Å². The zero-order chi connectivity index (χ0) is 15.5. The minimum atomic E-state index is -0.312. The molecule has 2 saturated heterocycles. The molecule has 6 heteroatoms. The lowest BCUT2D eigenvalue weighted by Crippen LogP contribution is -2.47. The molecule has 0 saturated carbocycles. The van der Waals surface area contributed by atoms with Gasteiger partial charge in [0.05, 0.1) is 23.7 Å². The van der Waals surface area contributed by atoms with Crippen LogP contribution >= 0.6 is 0 Å². The van der Waals surface area contributed by atoms with Crippen LogP contribution in [0.1, 0.15) is 24.0 Å². The molecule has 22 heavy (non-hydrogen) atoms. The Kier molecular flexibility index (Phi) is 4.71. The molecule has 0 spiro atoms. The van der Waals surface area contributed by atoms with Crippen LogP contribution in [0.5, 0.6) is 0 Å². The predicted octanol–water partition coefficient (Wildman–Crippen LogP) is 2.28. The Hall–Kier alpha value is -1.50. The second-order valence-corrected chi connectivity index (χ2v) is 6.07. The van der Waals surface area contributed by atoms with Crippen LogP contribution < -0.4 is 0 Å². The van der Waals surface area contributed by atoms with Crippen molar-refractivity contribution in [2.24, 2.45) is 0 Å². The van der Waals surface area contributed by atoms with Gasteiger partial charge in [-0.3, -0.25) is 15.0 Å². The third-order valence-electron chi connectivity index (χ3n) is 4.43. The van der Waals surface area contributed by atoms with Crippen molar-refractivity contribution in [1.82, 2.24) is 4.90 Å². The van der Waals surface area contributed by atoms with E-state index in [9.17, 15) is 10.1 Å². The van der Waals surface area contributed by atoms with Gasteiger partial charge in [-0.05, 0) is 25.3 Å². The molecule has 2 fully saturated rings. The molecule has 0 N–H and O–H groups in total. The van der Waals surface area contributed by atoms with Gasteiger partial charge in [0, 0.05) is 37.9 Å². The smallest absolute Gasteiger partial charge is 0.272 e. The first-order valence-corrected chi connectivity index (χ1v) is 7.83. The maximum atomic E-state index is 11.0. The van der Waals surface area contributed by atoms with E-state index >= 15 is 0 Å². The zero-order valence-electron chi connectivity index (χ0n) is 12.9. The molecule has 2 atom stereocenters. The lowest BCUT2D eigenvalue weighted by Gasteiger charge is -2.35. The van der Waals surface area contributed by atoms with E-state index in [-0.39, 0.29) is 22.8 Å². The molecule has 2 aliphatic rings. The molecule has 120 valence electrons. The van der Waals surface area contributed by atoms with E-state index in [1.807, 2.05) is 12.1 Å². The molecule has 0 bridgehead atoms. The van der Waals surface area contributed by atoms with Crippen molar-refractivity contribution in [2.45, 2.75) is 38.5 Å². The first kappa shape index (κ1) is 15.4. The van der Waals surface area contributed by atoms with Gasteiger partial charge in [0.2, 0.25) is 0 Å². The second kappa shape index (κ2) is 6.73. The average Bonchev–Trinajstić information content (AvgIpc) is 3.03. The average molecular weight is 306 g/mol. The molecular formula is C16H22N2O4. The number of rotatable bonds is 4. The Morgan fingerprint density at radius 3 is 2.86 bits per heavy atom. The fourth-order valence-corrected chi connectivity index (χ4v) is 3.20. The van der Waals surface area contributed by atoms with Crippen molar-refractivity contribution in [1.29, 1.82) is 0 Å². The minimum Gasteiger partial charge on any atom is -0.375 e.